The van der Waals surface area contributed by atoms with E-state index in [0.717, 1.165) is 12.8 Å². The summed E-state index contributed by atoms with van der Waals surface area (Å²) in [4.78, 5) is 22.0. The molecule has 90 valence electrons. The molecule has 1 amide bonds. The van der Waals surface area contributed by atoms with E-state index in [0.29, 0.717) is 13.2 Å². The normalized spacial score (nSPS) is 24.1. The van der Waals surface area contributed by atoms with E-state index in [4.69, 9.17) is 9.84 Å². The van der Waals surface area contributed by atoms with E-state index in [1.165, 1.54) is 7.11 Å². The molecule has 1 saturated carbocycles. The molecule has 1 aliphatic carbocycles. The summed E-state index contributed by atoms with van der Waals surface area (Å²) in [6.07, 6.45) is 0.903. The van der Waals surface area contributed by atoms with E-state index in [9.17, 15) is 9.59 Å². The Hall–Kier alpha value is -1.30. The van der Waals surface area contributed by atoms with Crippen LogP contribution in [0.4, 0.5) is 4.79 Å². The Morgan fingerprint density at radius 1 is 1.50 bits per heavy atom. The molecular formula is C10H15NO5. The van der Waals surface area contributed by atoms with Crippen LogP contribution in [-0.2, 0) is 14.3 Å². The van der Waals surface area contributed by atoms with Crippen LogP contribution >= 0.6 is 0 Å². The second kappa shape index (κ2) is 3.93. The Kier molecular flexibility index (Phi) is 2.75. The number of amides is 1. The van der Waals surface area contributed by atoms with Gasteiger partial charge in [0.15, 0.2) is 0 Å². The molecule has 16 heavy (non-hydrogen) atoms. The third kappa shape index (κ3) is 1.84. The minimum absolute atomic E-state index is 0.0134. The van der Waals surface area contributed by atoms with Crippen molar-refractivity contribution in [3.63, 3.8) is 0 Å². The Labute approximate surface area is 92.9 Å². The van der Waals surface area contributed by atoms with Crippen LogP contribution in [0.3, 0.4) is 0 Å². The summed E-state index contributed by atoms with van der Waals surface area (Å²) in [5.41, 5.74) is 0.191. The average Bonchev–Trinajstić information content (AvgIpc) is 2.11. The molecule has 1 saturated heterocycles. The molecule has 0 aromatic carbocycles. The van der Waals surface area contributed by atoms with Crippen molar-refractivity contribution in [2.24, 2.45) is 11.3 Å². The Morgan fingerprint density at radius 2 is 2.12 bits per heavy atom. The molecule has 2 N–H and O–H groups in total. The number of aliphatic carboxylic acids is 1. The van der Waals surface area contributed by atoms with Crippen LogP contribution < -0.4 is 5.32 Å². The number of carboxylic acid groups (broad SMARTS) is 1. The zero-order valence-electron chi connectivity index (χ0n) is 9.06. The second-order valence-electron chi connectivity index (χ2n) is 4.61. The van der Waals surface area contributed by atoms with Crippen molar-refractivity contribution in [3.8, 4) is 0 Å². The number of carbonyl (C=O) groups excluding carboxylic acids is 1. The number of alkyl carbamates (subject to hydrolysis) is 1. The molecule has 1 spiro atoms. The number of rotatable bonds is 3. The van der Waals surface area contributed by atoms with Gasteiger partial charge in [0.05, 0.1) is 20.3 Å². The average molecular weight is 229 g/mol. The van der Waals surface area contributed by atoms with Gasteiger partial charge >= 0.3 is 12.1 Å². The van der Waals surface area contributed by atoms with Crippen LogP contribution in [0.25, 0.3) is 0 Å². The highest BCUT2D eigenvalue weighted by Crippen LogP contribution is 2.51. The first-order chi connectivity index (χ1) is 7.56. The number of hydrogen-bond acceptors (Lipinski definition) is 4. The van der Waals surface area contributed by atoms with Gasteiger partial charge in [-0.05, 0) is 18.8 Å². The summed E-state index contributed by atoms with van der Waals surface area (Å²) in [6, 6.07) is -0.848. The SMILES string of the molecule is COC(=O)N[C@H](C(=O)O)C1CC2(COC2)C1. The molecule has 2 aliphatic rings. The van der Waals surface area contributed by atoms with Gasteiger partial charge in [0.2, 0.25) is 0 Å². The Balaban J connectivity index is 1.88. The van der Waals surface area contributed by atoms with Gasteiger partial charge in [-0.2, -0.15) is 0 Å². The van der Waals surface area contributed by atoms with Crippen molar-refractivity contribution in [1.82, 2.24) is 5.32 Å². The fraction of sp³-hybridized carbons (Fsp3) is 0.800. The zero-order valence-corrected chi connectivity index (χ0v) is 9.06. The molecule has 0 aromatic rings. The molecule has 0 bridgehead atoms. The number of carboxylic acids is 1. The highest BCUT2D eigenvalue weighted by atomic mass is 16.5. The lowest BCUT2D eigenvalue weighted by Gasteiger charge is -2.54. The summed E-state index contributed by atoms with van der Waals surface area (Å²) in [6.45, 7) is 1.43. The highest BCUT2D eigenvalue weighted by molar-refractivity contribution is 5.80. The molecular weight excluding hydrogens is 214 g/mol. The van der Waals surface area contributed by atoms with Crippen molar-refractivity contribution in [2.75, 3.05) is 20.3 Å². The minimum Gasteiger partial charge on any atom is -0.480 e. The van der Waals surface area contributed by atoms with Gasteiger partial charge in [0, 0.05) is 5.41 Å². The molecule has 6 nitrogen and oxygen atoms in total. The van der Waals surface area contributed by atoms with E-state index in [-0.39, 0.29) is 11.3 Å². The minimum atomic E-state index is -1.01. The van der Waals surface area contributed by atoms with Gasteiger partial charge in [0.1, 0.15) is 6.04 Å². The van der Waals surface area contributed by atoms with Crippen LogP contribution in [0.15, 0.2) is 0 Å². The van der Waals surface area contributed by atoms with Crippen LogP contribution in [0, 0.1) is 11.3 Å². The van der Waals surface area contributed by atoms with Crippen molar-refractivity contribution < 1.29 is 24.2 Å². The second-order valence-corrected chi connectivity index (χ2v) is 4.61. The summed E-state index contributed by atoms with van der Waals surface area (Å²) in [7, 11) is 1.22. The van der Waals surface area contributed by atoms with E-state index in [1.807, 2.05) is 0 Å². The third-order valence-corrected chi connectivity index (χ3v) is 3.40. The van der Waals surface area contributed by atoms with Crippen molar-refractivity contribution in [3.05, 3.63) is 0 Å². The molecule has 1 heterocycles. The topological polar surface area (TPSA) is 84.9 Å². The summed E-state index contributed by atoms with van der Waals surface area (Å²) < 4.78 is 9.52. The van der Waals surface area contributed by atoms with Gasteiger partial charge < -0.3 is 19.9 Å². The zero-order chi connectivity index (χ0) is 11.8. The van der Waals surface area contributed by atoms with Crippen LogP contribution in [0.5, 0.6) is 0 Å². The standard InChI is InChI=1S/C10H15NO5/c1-15-9(14)11-7(8(12)13)6-2-10(3-6)4-16-5-10/h6-7H,2-5H2,1H3,(H,11,14)(H,12,13)/t7-/m0/s1. The third-order valence-electron chi connectivity index (χ3n) is 3.40. The first-order valence-electron chi connectivity index (χ1n) is 5.21. The van der Waals surface area contributed by atoms with E-state index in [2.05, 4.69) is 10.1 Å². The molecule has 0 radical (unpaired) electrons. The number of hydrogen-bond donors (Lipinski definition) is 2. The molecule has 0 aromatic heterocycles. The monoisotopic (exact) mass is 229 g/mol. The van der Waals surface area contributed by atoms with Crippen LogP contribution in [0.2, 0.25) is 0 Å². The van der Waals surface area contributed by atoms with Gasteiger partial charge in [0.25, 0.3) is 0 Å². The summed E-state index contributed by atoms with van der Waals surface area (Å²) in [5, 5.41) is 11.4. The first-order valence-corrected chi connectivity index (χ1v) is 5.21. The molecule has 0 unspecified atom stereocenters. The maximum atomic E-state index is 11.0. The van der Waals surface area contributed by atoms with E-state index < -0.39 is 18.1 Å². The van der Waals surface area contributed by atoms with Crippen LogP contribution in [-0.4, -0.2) is 43.5 Å². The molecule has 2 rings (SSSR count). The lowest BCUT2D eigenvalue weighted by molar-refractivity contribution is -0.187. The van der Waals surface area contributed by atoms with Crippen molar-refractivity contribution in [2.45, 2.75) is 18.9 Å². The number of carbonyl (C=O) groups is 2. The van der Waals surface area contributed by atoms with Gasteiger partial charge in [-0.1, -0.05) is 0 Å². The Morgan fingerprint density at radius 3 is 2.50 bits per heavy atom. The number of ether oxygens (including phenoxy) is 2. The van der Waals surface area contributed by atoms with Crippen molar-refractivity contribution in [1.29, 1.82) is 0 Å². The fourth-order valence-electron chi connectivity index (χ4n) is 2.48. The smallest absolute Gasteiger partial charge is 0.407 e. The summed E-state index contributed by atoms with van der Waals surface area (Å²) >= 11 is 0. The maximum absolute atomic E-state index is 11.0. The maximum Gasteiger partial charge on any atom is 0.407 e. The molecule has 1 atom stereocenters. The Bertz CT molecular complexity index is 304. The van der Waals surface area contributed by atoms with Gasteiger partial charge in [-0.25, -0.2) is 9.59 Å². The van der Waals surface area contributed by atoms with E-state index in [1.54, 1.807) is 0 Å². The fourth-order valence-corrected chi connectivity index (χ4v) is 2.48. The predicted molar refractivity (Wildman–Crippen MR) is 52.9 cm³/mol. The quantitative estimate of drug-likeness (QED) is 0.723. The number of methoxy groups -OCH3 is 1. The molecule has 1 aliphatic heterocycles. The van der Waals surface area contributed by atoms with Crippen molar-refractivity contribution >= 4 is 12.1 Å². The largest absolute Gasteiger partial charge is 0.480 e. The van der Waals surface area contributed by atoms with E-state index >= 15 is 0 Å². The van der Waals surface area contributed by atoms with Crippen LogP contribution in [0.1, 0.15) is 12.8 Å². The lowest BCUT2D eigenvalue weighted by atomic mass is 9.58. The lowest BCUT2D eigenvalue weighted by Crippen LogP contribution is -2.59. The van der Waals surface area contributed by atoms with Gasteiger partial charge in [-0.3, -0.25) is 0 Å². The predicted octanol–water partition coefficient (Wildman–Crippen LogP) is 0.222. The number of nitrogens with one attached hydrogen (secondary N) is 1. The first kappa shape index (κ1) is 11.2. The van der Waals surface area contributed by atoms with Gasteiger partial charge in [-0.15, -0.1) is 0 Å². The summed E-state index contributed by atoms with van der Waals surface area (Å²) in [5.74, 6) is -1.02. The molecule has 2 fully saturated rings. The molecule has 6 heteroatoms. The highest BCUT2D eigenvalue weighted by Gasteiger charge is 2.53.